The molecule has 1 heterocycles. The molecule has 1 aromatic heterocycles. The van der Waals surface area contributed by atoms with E-state index in [-0.39, 0.29) is 17.9 Å². The van der Waals surface area contributed by atoms with Crippen molar-refractivity contribution in [3.8, 4) is 0 Å². The number of carbonyl (C=O) groups excluding carboxylic acids is 2. The van der Waals surface area contributed by atoms with Crippen molar-refractivity contribution >= 4 is 22.6 Å². The average Bonchev–Trinajstić information content (AvgIpc) is 2.70. The Bertz CT molecular complexity index is 1010. The number of nitrogens with one attached hydrogen (secondary N) is 2. The number of esters is 1. The number of benzene rings is 2. The van der Waals surface area contributed by atoms with Gasteiger partial charge in [0.15, 0.2) is 0 Å². The molecule has 2 aromatic carbocycles. The largest absolute Gasteiger partial charge is 0.467 e. The van der Waals surface area contributed by atoms with Crippen LogP contribution in [0.5, 0.6) is 0 Å². The minimum absolute atomic E-state index is 0.0699. The third-order valence-corrected chi connectivity index (χ3v) is 4.21. The highest BCUT2D eigenvalue weighted by molar-refractivity contribution is 5.90. The van der Waals surface area contributed by atoms with E-state index in [4.69, 9.17) is 4.74 Å². The molecular weight excluding hydrogens is 346 g/mol. The van der Waals surface area contributed by atoms with Gasteiger partial charge in [0.1, 0.15) is 6.04 Å². The molecule has 7 heteroatoms. The molecule has 27 heavy (non-hydrogen) atoms. The van der Waals surface area contributed by atoms with Gasteiger partial charge in [-0.15, -0.1) is 0 Å². The van der Waals surface area contributed by atoms with Crippen LogP contribution in [0.2, 0.25) is 0 Å². The molecule has 7 nitrogen and oxygen atoms in total. The highest BCUT2D eigenvalue weighted by Crippen LogP contribution is 2.13. The molecule has 0 fully saturated rings. The Morgan fingerprint density at radius 2 is 1.74 bits per heavy atom. The van der Waals surface area contributed by atoms with Crippen LogP contribution in [0.15, 0.2) is 59.4 Å². The summed E-state index contributed by atoms with van der Waals surface area (Å²) in [5.74, 6) is -0.905. The van der Waals surface area contributed by atoms with Crippen LogP contribution < -0.4 is 10.9 Å². The van der Waals surface area contributed by atoms with Gasteiger partial charge < -0.3 is 10.1 Å². The lowest BCUT2D eigenvalue weighted by molar-refractivity contribution is -0.145. The summed E-state index contributed by atoms with van der Waals surface area (Å²) < 4.78 is 4.80. The molecule has 0 spiro atoms. The molecule has 138 valence electrons. The number of carbonyl (C=O) groups is 2. The van der Waals surface area contributed by atoms with Crippen LogP contribution in [0.4, 0.5) is 0 Å². The molecule has 2 N–H and O–H groups in total. The highest BCUT2D eigenvalue weighted by atomic mass is 16.5. The van der Waals surface area contributed by atoms with Crippen LogP contribution in [0, 0.1) is 0 Å². The molecule has 0 saturated carbocycles. The number of nitrogens with zero attached hydrogens (tertiary/aromatic N) is 1. The minimum atomic E-state index is -0.807. The number of H-pyrrole nitrogens is 1. The van der Waals surface area contributed by atoms with Crippen LogP contribution in [-0.2, 0) is 27.2 Å². The number of ether oxygens (including phenoxy) is 1. The molecule has 1 atom stereocenters. The van der Waals surface area contributed by atoms with Crippen molar-refractivity contribution in [3.63, 3.8) is 0 Å². The Balaban J connectivity index is 1.78. The third-order valence-electron chi connectivity index (χ3n) is 4.21. The Hall–Kier alpha value is -3.48. The van der Waals surface area contributed by atoms with Gasteiger partial charge in [0.05, 0.1) is 24.6 Å². The van der Waals surface area contributed by atoms with Crippen molar-refractivity contribution in [2.45, 2.75) is 18.9 Å². The fraction of sp³-hybridized carbons (Fsp3) is 0.200. The summed E-state index contributed by atoms with van der Waals surface area (Å²) in [6, 6.07) is 15.5. The van der Waals surface area contributed by atoms with Crippen molar-refractivity contribution in [2.24, 2.45) is 0 Å². The van der Waals surface area contributed by atoms with Crippen molar-refractivity contribution in [3.05, 3.63) is 76.2 Å². The SMILES string of the molecule is COC(=O)[C@@H](Cc1ccccc1)NC(=O)Cc1n[nH]c(=O)c2ccccc12. The lowest BCUT2D eigenvalue weighted by Gasteiger charge is -2.16. The molecule has 0 aliphatic heterocycles. The molecule has 0 radical (unpaired) electrons. The highest BCUT2D eigenvalue weighted by Gasteiger charge is 2.22. The van der Waals surface area contributed by atoms with Crippen LogP contribution in [0.3, 0.4) is 0 Å². The summed E-state index contributed by atoms with van der Waals surface area (Å²) >= 11 is 0. The number of rotatable bonds is 6. The summed E-state index contributed by atoms with van der Waals surface area (Å²) in [6.45, 7) is 0. The molecule has 3 aromatic rings. The molecule has 0 saturated heterocycles. The van der Waals surface area contributed by atoms with Crippen LogP contribution in [-0.4, -0.2) is 35.2 Å². The monoisotopic (exact) mass is 365 g/mol. The van der Waals surface area contributed by atoms with E-state index in [2.05, 4.69) is 15.5 Å². The maximum Gasteiger partial charge on any atom is 0.328 e. The first-order valence-electron chi connectivity index (χ1n) is 8.46. The van der Waals surface area contributed by atoms with Crippen LogP contribution >= 0.6 is 0 Å². The number of aromatic amines is 1. The number of aromatic nitrogens is 2. The fourth-order valence-electron chi connectivity index (χ4n) is 2.89. The van der Waals surface area contributed by atoms with E-state index in [0.29, 0.717) is 22.9 Å². The van der Waals surface area contributed by atoms with E-state index in [1.54, 1.807) is 24.3 Å². The predicted molar refractivity (Wildman–Crippen MR) is 100 cm³/mol. The third kappa shape index (κ3) is 4.38. The Morgan fingerprint density at radius 1 is 1.07 bits per heavy atom. The number of methoxy groups -OCH3 is 1. The summed E-state index contributed by atoms with van der Waals surface area (Å²) in [7, 11) is 1.28. The van der Waals surface area contributed by atoms with Gasteiger partial charge in [-0.05, 0) is 11.6 Å². The van der Waals surface area contributed by atoms with Gasteiger partial charge in [-0.3, -0.25) is 9.59 Å². The molecule has 1 amide bonds. The molecule has 0 aliphatic rings. The quantitative estimate of drug-likeness (QED) is 0.643. The zero-order valence-corrected chi connectivity index (χ0v) is 14.8. The van der Waals surface area contributed by atoms with Gasteiger partial charge in [0, 0.05) is 11.8 Å². The van der Waals surface area contributed by atoms with Crippen molar-refractivity contribution in [1.29, 1.82) is 0 Å². The zero-order chi connectivity index (χ0) is 19.2. The lowest BCUT2D eigenvalue weighted by Crippen LogP contribution is -2.43. The van der Waals surface area contributed by atoms with Crippen molar-refractivity contribution < 1.29 is 14.3 Å². The summed E-state index contributed by atoms with van der Waals surface area (Å²) in [6.07, 6.45) is 0.249. The second-order valence-electron chi connectivity index (χ2n) is 6.05. The van der Waals surface area contributed by atoms with E-state index >= 15 is 0 Å². The maximum absolute atomic E-state index is 12.5. The molecule has 0 bridgehead atoms. The molecule has 3 rings (SSSR count). The van der Waals surface area contributed by atoms with Crippen LogP contribution in [0.1, 0.15) is 11.3 Å². The van der Waals surface area contributed by atoms with E-state index in [0.717, 1.165) is 5.56 Å². The normalized spacial score (nSPS) is 11.7. The number of hydrogen-bond acceptors (Lipinski definition) is 5. The zero-order valence-electron chi connectivity index (χ0n) is 14.8. The molecule has 0 unspecified atom stereocenters. The van der Waals surface area contributed by atoms with Crippen LogP contribution in [0.25, 0.3) is 10.8 Å². The first-order valence-corrected chi connectivity index (χ1v) is 8.46. The molecular formula is C20H19N3O4. The smallest absolute Gasteiger partial charge is 0.328 e. The summed E-state index contributed by atoms with van der Waals surface area (Å²) in [5.41, 5.74) is 1.03. The van der Waals surface area contributed by atoms with E-state index in [1.165, 1.54) is 7.11 Å². The van der Waals surface area contributed by atoms with Crippen molar-refractivity contribution in [1.82, 2.24) is 15.5 Å². The van der Waals surface area contributed by atoms with Gasteiger partial charge in [-0.25, -0.2) is 9.89 Å². The van der Waals surface area contributed by atoms with E-state index in [9.17, 15) is 14.4 Å². The number of amides is 1. The first-order chi connectivity index (χ1) is 13.1. The van der Waals surface area contributed by atoms with Gasteiger partial charge >= 0.3 is 5.97 Å². The minimum Gasteiger partial charge on any atom is -0.467 e. The van der Waals surface area contributed by atoms with Gasteiger partial charge in [0.25, 0.3) is 5.56 Å². The first kappa shape index (κ1) is 18.3. The standard InChI is InChI=1S/C20H19N3O4/c1-27-20(26)17(11-13-7-3-2-4-8-13)21-18(24)12-16-14-9-5-6-10-15(14)19(25)23-22-16/h2-10,17H,11-12H2,1H3,(H,21,24)(H,23,25)/t17-/m1/s1. The second-order valence-corrected chi connectivity index (χ2v) is 6.05. The van der Waals surface area contributed by atoms with E-state index < -0.39 is 12.0 Å². The topological polar surface area (TPSA) is 101 Å². The van der Waals surface area contributed by atoms with Gasteiger partial charge in [0.2, 0.25) is 5.91 Å². The fourth-order valence-corrected chi connectivity index (χ4v) is 2.89. The number of hydrogen-bond donors (Lipinski definition) is 2. The predicted octanol–water partition coefficient (Wildman–Crippen LogP) is 1.37. The number of fused-ring (bicyclic) bond motifs is 1. The van der Waals surface area contributed by atoms with Gasteiger partial charge in [-0.2, -0.15) is 5.10 Å². The van der Waals surface area contributed by atoms with Gasteiger partial charge in [-0.1, -0.05) is 48.5 Å². The lowest BCUT2D eigenvalue weighted by atomic mass is 10.1. The Labute approximate surface area is 155 Å². The average molecular weight is 365 g/mol. The maximum atomic E-state index is 12.5. The summed E-state index contributed by atoms with van der Waals surface area (Å²) in [5, 5.41) is 10.2. The Morgan fingerprint density at radius 3 is 2.44 bits per heavy atom. The second kappa shape index (κ2) is 8.27. The molecule has 0 aliphatic carbocycles. The van der Waals surface area contributed by atoms with Crippen molar-refractivity contribution in [2.75, 3.05) is 7.11 Å². The van der Waals surface area contributed by atoms with E-state index in [1.807, 2.05) is 30.3 Å². The summed E-state index contributed by atoms with van der Waals surface area (Å²) in [4.78, 5) is 36.4. The Kier molecular flexibility index (Phi) is 5.61.